The molecule has 3 rings (SSSR count). The summed E-state index contributed by atoms with van der Waals surface area (Å²) in [6.45, 7) is 1.90. The van der Waals surface area contributed by atoms with Crippen molar-refractivity contribution < 1.29 is 4.79 Å². The molecule has 0 aliphatic carbocycles. The molecule has 1 amide bonds. The molecule has 90 valence electrons. The zero-order valence-corrected chi connectivity index (χ0v) is 9.78. The molecule has 4 nitrogen and oxygen atoms in total. The third-order valence-corrected chi connectivity index (χ3v) is 3.64. The molecule has 1 saturated heterocycles. The number of benzene rings is 1. The average Bonchev–Trinajstić information content (AvgIpc) is 2.82. The van der Waals surface area contributed by atoms with Crippen LogP contribution >= 0.6 is 0 Å². The zero-order valence-electron chi connectivity index (χ0n) is 9.78. The van der Waals surface area contributed by atoms with Gasteiger partial charge in [0.2, 0.25) is 5.91 Å². The van der Waals surface area contributed by atoms with E-state index < -0.39 is 0 Å². The largest absolute Gasteiger partial charge is 0.399 e. The quantitative estimate of drug-likeness (QED) is 0.706. The van der Waals surface area contributed by atoms with E-state index in [0.29, 0.717) is 12.5 Å². The van der Waals surface area contributed by atoms with Crippen LogP contribution in [0.15, 0.2) is 18.2 Å². The Bertz CT molecular complexity index is 452. The van der Waals surface area contributed by atoms with Crippen LogP contribution in [0.3, 0.4) is 0 Å². The number of hydrogen-bond donors (Lipinski definition) is 2. The highest BCUT2D eigenvalue weighted by atomic mass is 16.2. The van der Waals surface area contributed by atoms with Crippen LogP contribution in [0.2, 0.25) is 0 Å². The summed E-state index contributed by atoms with van der Waals surface area (Å²) < 4.78 is 0. The van der Waals surface area contributed by atoms with Gasteiger partial charge in [0.05, 0.1) is 6.04 Å². The van der Waals surface area contributed by atoms with Crippen molar-refractivity contribution in [1.82, 2.24) is 5.32 Å². The van der Waals surface area contributed by atoms with Crippen molar-refractivity contribution in [3.8, 4) is 0 Å². The number of anilines is 2. The number of fused-ring (bicyclic) bond motifs is 1. The van der Waals surface area contributed by atoms with E-state index in [2.05, 4.69) is 5.32 Å². The number of carbonyl (C=O) groups excluding carboxylic acids is 1. The third kappa shape index (κ3) is 1.78. The molecule has 2 aliphatic rings. The van der Waals surface area contributed by atoms with Crippen LogP contribution in [-0.4, -0.2) is 25.0 Å². The van der Waals surface area contributed by atoms with Crippen LogP contribution in [0, 0.1) is 0 Å². The minimum atomic E-state index is 0.246. The standard InChI is InChI=1S/C13H17N3O/c14-10-2-3-12-9(7-10)1-4-13(17)16(12)11-5-6-15-8-11/h2-3,7,11,15H,1,4-6,8,14H2. The number of nitrogens with two attached hydrogens (primary N) is 1. The van der Waals surface area contributed by atoms with Crippen molar-refractivity contribution in [2.75, 3.05) is 23.7 Å². The van der Waals surface area contributed by atoms with Crippen molar-refractivity contribution in [3.05, 3.63) is 23.8 Å². The van der Waals surface area contributed by atoms with E-state index >= 15 is 0 Å². The predicted molar refractivity (Wildman–Crippen MR) is 67.9 cm³/mol. The summed E-state index contributed by atoms with van der Waals surface area (Å²) >= 11 is 0. The molecular weight excluding hydrogens is 214 g/mol. The molecule has 0 spiro atoms. The number of hydrogen-bond acceptors (Lipinski definition) is 3. The van der Waals surface area contributed by atoms with E-state index in [-0.39, 0.29) is 5.91 Å². The highest BCUT2D eigenvalue weighted by Crippen LogP contribution is 2.32. The lowest BCUT2D eigenvalue weighted by Crippen LogP contribution is -2.44. The Morgan fingerprint density at radius 2 is 2.24 bits per heavy atom. The van der Waals surface area contributed by atoms with Gasteiger partial charge >= 0.3 is 0 Å². The summed E-state index contributed by atoms with van der Waals surface area (Å²) in [6.07, 6.45) is 2.46. The molecule has 3 N–H and O–H groups in total. The summed E-state index contributed by atoms with van der Waals surface area (Å²) in [7, 11) is 0. The normalized spacial score (nSPS) is 23.9. The van der Waals surface area contributed by atoms with Crippen LogP contribution in [0.4, 0.5) is 11.4 Å². The molecule has 1 aromatic carbocycles. The summed E-state index contributed by atoms with van der Waals surface area (Å²) in [4.78, 5) is 14.1. The van der Waals surface area contributed by atoms with Gasteiger partial charge in [-0.3, -0.25) is 4.79 Å². The first kappa shape index (κ1) is 10.6. The van der Waals surface area contributed by atoms with Gasteiger partial charge in [-0.1, -0.05) is 0 Å². The van der Waals surface area contributed by atoms with Crippen LogP contribution in [0.5, 0.6) is 0 Å². The fourth-order valence-corrected chi connectivity index (χ4v) is 2.80. The van der Waals surface area contributed by atoms with Gasteiger partial charge in [-0.25, -0.2) is 0 Å². The number of amides is 1. The Labute approximate surface area is 101 Å². The first-order chi connectivity index (χ1) is 8.25. The summed E-state index contributed by atoms with van der Waals surface area (Å²) in [5, 5.41) is 3.31. The predicted octanol–water partition coefficient (Wildman–Crippen LogP) is 0.910. The fourth-order valence-electron chi connectivity index (χ4n) is 2.80. The minimum absolute atomic E-state index is 0.246. The van der Waals surface area contributed by atoms with Gasteiger partial charge < -0.3 is 16.0 Å². The molecule has 1 fully saturated rings. The highest BCUT2D eigenvalue weighted by molar-refractivity contribution is 5.97. The fraction of sp³-hybridized carbons (Fsp3) is 0.462. The lowest BCUT2D eigenvalue weighted by atomic mass is 9.98. The molecule has 0 aromatic heterocycles. The van der Waals surface area contributed by atoms with Gasteiger partial charge in [0.15, 0.2) is 0 Å². The number of aryl methyl sites for hydroxylation is 1. The highest BCUT2D eigenvalue weighted by Gasteiger charge is 2.31. The van der Waals surface area contributed by atoms with Gasteiger partial charge in [-0.05, 0) is 43.1 Å². The first-order valence-electron chi connectivity index (χ1n) is 6.17. The van der Waals surface area contributed by atoms with E-state index in [1.165, 1.54) is 5.56 Å². The van der Waals surface area contributed by atoms with E-state index in [1.54, 1.807) is 0 Å². The Kier molecular flexibility index (Phi) is 2.52. The maximum absolute atomic E-state index is 12.1. The number of carbonyl (C=O) groups is 1. The molecule has 1 atom stereocenters. The van der Waals surface area contributed by atoms with Crippen molar-refractivity contribution in [2.45, 2.75) is 25.3 Å². The van der Waals surface area contributed by atoms with E-state index in [9.17, 15) is 4.79 Å². The Morgan fingerprint density at radius 1 is 1.35 bits per heavy atom. The second-order valence-electron chi connectivity index (χ2n) is 4.80. The summed E-state index contributed by atoms with van der Waals surface area (Å²) in [5.74, 6) is 0.246. The molecule has 4 heteroatoms. The lowest BCUT2D eigenvalue weighted by molar-refractivity contribution is -0.119. The van der Waals surface area contributed by atoms with Crippen LogP contribution in [0.1, 0.15) is 18.4 Å². The lowest BCUT2D eigenvalue weighted by Gasteiger charge is -2.34. The molecule has 1 unspecified atom stereocenters. The summed E-state index contributed by atoms with van der Waals surface area (Å²) in [6, 6.07) is 6.18. The van der Waals surface area contributed by atoms with Gasteiger partial charge in [0.25, 0.3) is 0 Å². The van der Waals surface area contributed by atoms with Crippen molar-refractivity contribution in [1.29, 1.82) is 0 Å². The zero-order chi connectivity index (χ0) is 11.8. The molecule has 2 heterocycles. The van der Waals surface area contributed by atoms with Crippen LogP contribution < -0.4 is 16.0 Å². The molecule has 17 heavy (non-hydrogen) atoms. The van der Waals surface area contributed by atoms with E-state index in [1.807, 2.05) is 23.1 Å². The first-order valence-corrected chi connectivity index (χ1v) is 6.17. The Morgan fingerprint density at radius 3 is 3.00 bits per heavy atom. The van der Waals surface area contributed by atoms with E-state index in [0.717, 1.165) is 37.3 Å². The molecular formula is C13H17N3O. The molecule has 0 bridgehead atoms. The van der Waals surface area contributed by atoms with Gasteiger partial charge in [-0.15, -0.1) is 0 Å². The molecule has 2 aliphatic heterocycles. The second-order valence-corrected chi connectivity index (χ2v) is 4.80. The van der Waals surface area contributed by atoms with Crippen LogP contribution in [0.25, 0.3) is 0 Å². The smallest absolute Gasteiger partial charge is 0.227 e. The van der Waals surface area contributed by atoms with Crippen molar-refractivity contribution in [3.63, 3.8) is 0 Å². The van der Waals surface area contributed by atoms with Crippen molar-refractivity contribution in [2.24, 2.45) is 0 Å². The maximum Gasteiger partial charge on any atom is 0.227 e. The van der Waals surface area contributed by atoms with Gasteiger partial charge in [0.1, 0.15) is 0 Å². The average molecular weight is 231 g/mol. The molecule has 1 aromatic rings. The molecule has 0 saturated carbocycles. The second kappa shape index (κ2) is 4.04. The van der Waals surface area contributed by atoms with E-state index in [4.69, 9.17) is 5.73 Å². The summed E-state index contributed by atoms with van der Waals surface area (Å²) in [5.41, 5.74) is 8.84. The minimum Gasteiger partial charge on any atom is -0.399 e. The Hall–Kier alpha value is -1.55. The van der Waals surface area contributed by atoms with Crippen molar-refractivity contribution >= 4 is 17.3 Å². The number of nitrogen functional groups attached to an aromatic ring is 1. The molecule has 0 radical (unpaired) electrons. The number of nitrogens with one attached hydrogen (secondary N) is 1. The SMILES string of the molecule is Nc1ccc2c(c1)CCC(=O)N2C1CCNC1. The Balaban J connectivity index is 2.00. The van der Waals surface area contributed by atoms with Gasteiger partial charge in [0, 0.05) is 24.3 Å². The van der Waals surface area contributed by atoms with Gasteiger partial charge in [-0.2, -0.15) is 0 Å². The number of rotatable bonds is 1. The number of nitrogens with zero attached hydrogens (tertiary/aromatic N) is 1. The monoisotopic (exact) mass is 231 g/mol. The third-order valence-electron chi connectivity index (χ3n) is 3.64. The van der Waals surface area contributed by atoms with Crippen LogP contribution in [-0.2, 0) is 11.2 Å². The maximum atomic E-state index is 12.1. The topological polar surface area (TPSA) is 58.4 Å².